The fourth-order valence-electron chi connectivity index (χ4n) is 2.39. The molecule has 22 heavy (non-hydrogen) atoms. The normalized spacial score (nSPS) is 14.6. The van der Waals surface area contributed by atoms with Crippen LogP contribution in [0.1, 0.15) is 5.56 Å². The van der Waals surface area contributed by atoms with Crippen molar-refractivity contribution < 1.29 is 9.53 Å². The van der Waals surface area contributed by atoms with Crippen LogP contribution < -0.4 is 10.1 Å². The molecule has 0 aromatic heterocycles. The molecule has 0 aliphatic carbocycles. The average Bonchev–Trinajstić information content (AvgIpc) is 2.50. The van der Waals surface area contributed by atoms with Crippen molar-refractivity contribution >= 4 is 29.9 Å². The first-order valence-electron chi connectivity index (χ1n) is 7.09. The van der Waals surface area contributed by atoms with Gasteiger partial charge in [0.1, 0.15) is 5.75 Å². The molecule has 7 heteroatoms. The number of benzene rings is 1. The summed E-state index contributed by atoms with van der Waals surface area (Å²) in [5.74, 6) is 0.939. The van der Waals surface area contributed by atoms with E-state index in [9.17, 15) is 4.79 Å². The molecule has 0 spiro atoms. The van der Waals surface area contributed by atoms with Crippen molar-refractivity contribution in [1.82, 2.24) is 15.1 Å². The number of halogens is 2. The first-order chi connectivity index (χ1) is 10.1. The van der Waals surface area contributed by atoms with Gasteiger partial charge in [-0.25, -0.2) is 0 Å². The molecule has 1 amide bonds. The minimum Gasteiger partial charge on any atom is -0.497 e. The van der Waals surface area contributed by atoms with Gasteiger partial charge in [-0.2, -0.15) is 0 Å². The van der Waals surface area contributed by atoms with Gasteiger partial charge in [-0.3, -0.25) is 9.69 Å². The molecular formula is C15H23Cl2N3O2. The SMILES string of the molecule is COc1ccc(Cl)c(CN(C)CC(=O)N2CCNCC2)c1.Cl. The fraction of sp³-hybridized carbons (Fsp3) is 0.533. The van der Waals surface area contributed by atoms with E-state index in [-0.39, 0.29) is 18.3 Å². The summed E-state index contributed by atoms with van der Waals surface area (Å²) in [6.45, 7) is 4.33. The maximum Gasteiger partial charge on any atom is 0.236 e. The van der Waals surface area contributed by atoms with Crippen LogP contribution in [-0.4, -0.2) is 62.6 Å². The lowest BCUT2D eigenvalue weighted by atomic mass is 10.2. The summed E-state index contributed by atoms with van der Waals surface area (Å²) in [4.78, 5) is 16.1. The lowest BCUT2D eigenvalue weighted by molar-refractivity contribution is -0.132. The Balaban J connectivity index is 0.00000242. The highest BCUT2D eigenvalue weighted by atomic mass is 35.5. The topological polar surface area (TPSA) is 44.8 Å². The Morgan fingerprint density at radius 1 is 1.41 bits per heavy atom. The van der Waals surface area contributed by atoms with E-state index in [4.69, 9.17) is 16.3 Å². The van der Waals surface area contributed by atoms with Crippen LogP contribution in [0.25, 0.3) is 0 Å². The minimum atomic E-state index is 0. The maximum atomic E-state index is 12.2. The first kappa shape index (κ1) is 19.0. The van der Waals surface area contributed by atoms with Crippen molar-refractivity contribution in [3.8, 4) is 5.75 Å². The van der Waals surface area contributed by atoms with Gasteiger partial charge in [-0.15, -0.1) is 12.4 Å². The second-order valence-electron chi connectivity index (χ2n) is 5.26. The smallest absolute Gasteiger partial charge is 0.236 e. The number of piperazine rings is 1. The Morgan fingerprint density at radius 3 is 2.73 bits per heavy atom. The number of methoxy groups -OCH3 is 1. The number of likely N-dealkylation sites (N-methyl/N-ethyl adjacent to an activating group) is 1. The fourth-order valence-corrected chi connectivity index (χ4v) is 2.57. The predicted molar refractivity (Wildman–Crippen MR) is 91.0 cm³/mol. The lowest BCUT2D eigenvalue weighted by Gasteiger charge is -2.29. The molecule has 5 nitrogen and oxygen atoms in total. The number of carbonyl (C=O) groups is 1. The van der Waals surface area contributed by atoms with Gasteiger partial charge in [-0.1, -0.05) is 11.6 Å². The molecule has 0 unspecified atom stereocenters. The molecule has 1 fully saturated rings. The molecule has 1 aromatic carbocycles. The maximum absolute atomic E-state index is 12.2. The highest BCUT2D eigenvalue weighted by molar-refractivity contribution is 6.31. The average molecular weight is 348 g/mol. The molecule has 1 aliphatic heterocycles. The number of hydrogen-bond acceptors (Lipinski definition) is 4. The van der Waals surface area contributed by atoms with Crippen molar-refractivity contribution in [3.05, 3.63) is 28.8 Å². The van der Waals surface area contributed by atoms with Crippen LogP contribution in [-0.2, 0) is 11.3 Å². The van der Waals surface area contributed by atoms with Gasteiger partial charge < -0.3 is 15.0 Å². The number of nitrogens with zero attached hydrogens (tertiary/aromatic N) is 2. The highest BCUT2D eigenvalue weighted by Gasteiger charge is 2.18. The van der Waals surface area contributed by atoms with Gasteiger partial charge in [0.2, 0.25) is 5.91 Å². The monoisotopic (exact) mass is 347 g/mol. The summed E-state index contributed by atoms with van der Waals surface area (Å²) in [7, 11) is 3.56. The van der Waals surface area contributed by atoms with Crippen LogP contribution >= 0.6 is 24.0 Å². The summed E-state index contributed by atoms with van der Waals surface area (Å²) < 4.78 is 5.21. The molecule has 0 saturated carbocycles. The Labute approximate surface area is 143 Å². The number of hydrogen-bond donors (Lipinski definition) is 1. The van der Waals surface area contributed by atoms with E-state index in [0.717, 1.165) is 37.5 Å². The zero-order chi connectivity index (χ0) is 15.2. The predicted octanol–water partition coefficient (Wildman–Crippen LogP) is 1.63. The summed E-state index contributed by atoms with van der Waals surface area (Å²) in [6, 6.07) is 5.56. The molecule has 0 atom stereocenters. The molecule has 1 aromatic rings. The van der Waals surface area contributed by atoms with Crippen molar-refractivity contribution in [2.75, 3.05) is 46.9 Å². The van der Waals surface area contributed by atoms with Gasteiger partial charge in [0, 0.05) is 37.7 Å². The third-order valence-corrected chi connectivity index (χ3v) is 3.94. The number of rotatable bonds is 5. The third-order valence-electron chi connectivity index (χ3n) is 3.57. The van der Waals surface area contributed by atoms with Crippen molar-refractivity contribution in [1.29, 1.82) is 0 Å². The number of carbonyl (C=O) groups excluding carboxylic acids is 1. The molecule has 0 radical (unpaired) electrons. The summed E-state index contributed by atoms with van der Waals surface area (Å²) in [5.41, 5.74) is 0.964. The van der Waals surface area contributed by atoms with Crippen LogP contribution in [0.3, 0.4) is 0 Å². The number of ether oxygens (including phenoxy) is 1. The second-order valence-corrected chi connectivity index (χ2v) is 5.67. The van der Waals surface area contributed by atoms with Crippen molar-refractivity contribution in [2.45, 2.75) is 6.54 Å². The number of amides is 1. The Hall–Kier alpha value is -1.01. The summed E-state index contributed by atoms with van der Waals surface area (Å²) >= 11 is 6.20. The van der Waals surface area contributed by atoms with Crippen LogP contribution in [0.15, 0.2) is 18.2 Å². The molecular weight excluding hydrogens is 325 g/mol. The summed E-state index contributed by atoms with van der Waals surface area (Å²) in [6.07, 6.45) is 0. The third kappa shape index (κ3) is 5.32. The van der Waals surface area contributed by atoms with E-state index in [1.54, 1.807) is 7.11 Å². The standard InChI is InChI=1S/C15H22ClN3O2.ClH/c1-18(11-15(20)19-7-5-17-6-8-19)10-12-9-13(21-2)3-4-14(12)16;/h3-4,9,17H,5-8,10-11H2,1-2H3;1H. The Bertz CT molecular complexity index is 494. The van der Waals surface area contributed by atoms with E-state index in [0.29, 0.717) is 18.1 Å². The lowest BCUT2D eigenvalue weighted by Crippen LogP contribution is -2.49. The molecule has 1 aliphatic rings. The van der Waals surface area contributed by atoms with Crippen LogP contribution in [0.5, 0.6) is 5.75 Å². The van der Waals surface area contributed by atoms with Gasteiger partial charge in [-0.05, 0) is 30.8 Å². The zero-order valence-electron chi connectivity index (χ0n) is 13.0. The van der Waals surface area contributed by atoms with E-state index in [1.807, 2.05) is 35.0 Å². The Morgan fingerprint density at radius 2 is 2.09 bits per heavy atom. The quantitative estimate of drug-likeness (QED) is 0.879. The highest BCUT2D eigenvalue weighted by Crippen LogP contribution is 2.23. The van der Waals surface area contributed by atoms with E-state index in [1.165, 1.54) is 0 Å². The molecule has 1 N–H and O–H groups in total. The van der Waals surface area contributed by atoms with Crippen LogP contribution in [0, 0.1) is 0 Å². The van der Waals surface area contributed by atoms with Gasteiger partial charge in [0.05, 0.1) is 13.7 Å². The van der Waals surface area contributed by atoms with Crippen molar-refractivity contribution in [2.24, 2.45) is 0 Å². The van der Waals surface area contributed by atoms with E-state index >= 15 is 0 Å². The Kier molecular flexibility index (Phi) is 7.96. The zero-order valence-corrected chi connectivity index (χ0v) is 14.5. The molecule has 1 heterocycles. The molecule has 2 rings (SSSR count). The van der Waals surface area contributed by atoms with Gasteiger partial charge >= 0.3 is 0 Å². The molecule has 124 valence electrons. The van der Waals surface area contributed by atoms with Gasteiger partial charge in [0.15, 0.2) is 0 Å². The largest absolute Gasteiger partial charge is 0.497 e. The van der Waals surface area contributed by atoms with Gasteiger partial charge in [0.25, 0.3) is 0 Å². The number of nitrogens with one attached hydrogen (secondary N) is 1. The molecule has 0 bridgehead atoms. The molecule has 1 saturated heterocycles. The van der Waals surface area contributed by atoms with E-state index in [2.05, 4.69) is 5.32 Å². The first-order valence-corrected chi connectivity index (χ1v) is 7.47. The van der Waals surface area contributed by atoms with E-state index < -0.39 is 0 Å². The van der Waals surface area contributed by atoms with Crippen LogP contribution in [0.4, 0.5) is 0 Å². The van der Waals surface area contributed by atoms with Crippen LogP contribution in [0.2, 0.25) is 5.02 Å². The second kappa shape index (κ2) is 9.20. The summed E-state index contributed by atoms with van der Waals surface area (Å²) in [5, 5.41) is 3.94. The minimum absolute atomic E-state index is 0. The van der Waals surface area contributed by atoms with Crippen molar-refractivity contribution in [3.63, 3.8) is 0 Å².